The van der Waals surface area contributed by atoms with Crippen molar-refractivity contribution in [3.05, 3.63) is 48.3 Å². The molecule has 1 amide bonds. The van der Waals surface area contributed by atoms with Crippen LogP contribution in [0.5, 0.6) is 0 Å². The molecule has 0 spiro atoms. The lowest BCUT2D eigenvalue weighted by Gasteiger charge is -2.26. The van der Waals surface area contributed by atoms with Crippen LogP contribution in [-0.4, -0.2) is 33.4 Å². The molecule has 0 radical (unpaired) electrons. The number of amides is 1. The maximum atomic E-state index is 12.2. The van der Waals surface area contributed by atoms with Crippen LogP contribution in [-0.2, 0) is 0 Å². The number of nitrogens with zero attached hydrogens (tertiary/aromatic N) is 2. The van der Waals surface area contributed by atoms with Gasteiger partial charge < -0.3 is 10.4 Å². The Morgan fingerprint density at radius 2 is 1.96 bits per heavy atom. The maximum Gasteiger partial charge on any atom is 0.271 e. The van der Waals surface area contributed by atoms with Gasteiger partial charge in [0.15, 0.2) is 5.69 Å². The van der Waals surface area contributed by atoms with E-state index in [0.29, 0.717) is 18.2 Å². The van der Waals surface area contributed by atoms with Crippen LogP contribution in [0.3, 0.4) is 0 Å². The van der Waals surface area contributed by atoms with E-state index in [-0.39, 0.29) is 5.91 Å². The van der Waals surface area contributed by atoms with Crippen LogP contribution in [0.25, 0.3) is 5.69 Å². The van der Waals surface area contributed by atoms with Gasteiger partial charge in [-0.25, -0.2) is 4.68 Å². The van der Waals surface area contributed by atoms with E-state index in [1.165, 1.54) is 19.3 Å². The Bertz CT molecular complexity index is 633. The molecule has 1 saturated carbocycles. The molecule has 2 N–H and O–H groups in total. The predicted molar refractivity (Wildman–Crippen MR) is 88.5 cm³/mol. The third-order valence-corrected chi connectivity index (χ3v) is 4.51. The molecule has 1 aliphatic rings. The highest BCUT2D eigenvalue weighted by molar-refractivity contribution is 5.92. The number of hydrogen-bond donors (Lipinski definition) is 2. The second kappa shape index (κ2) is 7.42. The Morgan fingerprint density at radius 3 is 2.70 bits per heavy atom. The number of aliphatic hydroxyl groups is 1. The average molecular weight is 313 g/mol. The molecule has 0 aliphatic heterocycles. The summed E-state index contributed by atoms with van der Waals surface area (Å²) in [5.41, 5.74) is 1.28. The third-order valence-electron chi connectivity index (χ3n) is 4.51. The Hall–Kier alpha value is -2.14. The van der Waals surface area contributed by atoms with Gasteiger partial charge in [-0.1, -0.05) is 37.5 Å². The highest BCUT2D eigenvalue weighted by atomic mass is 16.3. The van der Waals surface area contributed by atoms with Crippen LogP contribution in [0.4, 0.5) is 0 Å². The molecular formula is C18H23N3O2. The van der Waals surface area contributed by atoms with Crippen LogP contribution in [0.2, 0.25) is 0 Å². The van der Waals surface area contributed by atoms with Crippen LogP contribution >= 0.6 is 0 Å². The summed E-state index contributed by atoms with van der Waals surface area (Å²) in [6, 6.07) is 11.3. The van der Waals surface area contributed by atoms with E-state index in [0.717, 1.165) is 18.5 Å². The summed E-state index contributed by atoms with van der Waals surface area (Å²) >= 11 is 0. The topological polar surface area (TPSA) is 67.2 Å². The maximum absolute atomic E-state index is 12.2. The number of benzene rings is 1. The summed E-state index contributed by atoms with van der Waals surface area (Å²) in [4.78, 5) is 12.2. The fraction of sp³-hybridized carbons (Fsp3) is 0.444. The van der Waals surface area contributed by atoms with Crippen LogP contribution in [0.15, 0.2) is 42.6 Å². The molecule has 23 heavy (non-hydrogen) atoms. The second-order valence-electron chi connectivity index (χ2n) is 6.16. The first-order valence-corrected chi connectivity index (χ1v) is 8.31. The summed E-state index contributed by atoms with van der Waals surface area (Å²) in [6.07, 6.45) is 7.03. The van der Waals surface area contributed by atoms with Gasteiger partial charge in [0.2, 0.25) is 0 Å². The number of rotatable bonds is 5. The van der Waals surface area contributed by atoms with Gasteiger partial charge in [0.25, 0.3) is 5.91 Å². The number of aliphatic hydroxyl groups excluding tert-OH is 1. The Labute approximate surface area is 136 Å². The normalized spacial score (nSPS) is 16.9. The van der Waals surface area contributed by atoms with Crippen molar-refractivity contribution in [1.82, 2.24) is 15.1 Å². The molecule has 1 aromatic carbocycles. The molecular weight excluding hydrogens is 290 g/mol. The summed E-state index contributed by atoms with van der Waals surface area (Å²) in [5.74, 6) is 0.0699. The summed E-state index contributed by atoms with van der Waals surface area (Å²) in [7, 11) is 0. The zero-order valence-corrected chi connectivity index (χ0v) is 13.2. The molecule has 5 heteroatoms. The predicted octanol–water partition coefficient (Wildman–Crippen LogP) is 2.54. The number of aromatic nitrogens is 2. The number of para-hydroxylation sites is 1. The van der Waals surface area contributed by atoms with Crippen molar-refractivity contribution in [1.29, 1.82) is 0 Å². The first-order valence-electron chi connectivity index (χ1n) is 8.31. The van der Waals surface area contributed by atoms with Gasteiger partial charge in [-0.2, -0.15) is 5.10 Å². The Morgan fingerprint density at radius 1 is 1.22 bits per heavy atom. The zero-order valence-electron chi connectivity index (χ0n) is 13.2. The zero-order chi connectivity index (χ0) is 16.1. The molecule has 1 aliphatic carbocycles. The smallest absolute Gasteiger partial charge is 0.271 e. The minimum atomic E-state index is -0.463. The molecule has 1 heterocycles. The fourth-order valence-corrected chi connectivity index (χ4v) is 3.14. The quantitative estimate of drug-likeness (QED) is 0.891. The number of nitrogens with one attached hydrogen (secondary N) is 1. The molecule has 5 nitrogen and oxygen atoms in total. The lowest BCUT2D eigenvalue weighted by atomic mass is 9.85. The monoisotopic (exact) mass is 313 g/mol. The minimum absolute atomic E-state index is 0.241. The first kappa shape index (κ1) is 15.7. The van der Waals surface area contributed by atoms with Gasteiger partial charge in [0, 0.05) is 12.7 Å². The molecule has 2 aromatic rings. The van der Waals surface area contributed by atoms with E-state index in [1.807, 2.05) is 30.3 Å². The SMILES string of the molecule is O=C(NC[C@@H](O)C1CCCCC1)c1ccn(-c2ccccc2)n1. The number of carbonyl (C=O) groups excluding carboxylic acids is 1. The molecule has 1 fully saturated rings. The van der Waals surface area contributed by atoms with Crippen LogP contribution in [0.1, 0.15) is 42.6 Å². The number of carbonyl (C=O) groups is 1. The van der Waals surface area contributed by atoms with Crippen molar-refractivity contribution in [3.63, 3.8) is 0 Å². The lowest BCUT2D eigenvalue weighted by molar-refractivity contribution is 0.0735. The van der Waals surface area contributed by atoms with E-state index >= 15 is 0 Å². The second-order valence-corrected chi connectivity index (χ2v) is 6.16. The standard InChI is InChI=1S/C18H23N3O2/c22-17(14-7-3-1-4-8-14)13-19-18(23)16-11-12-21(20-16)15-9-5-2-6-10-15/h2,5-6,9-12,14,17,22H,1,3-4,7-8,13H2,(H,19,23)/t17-/m1/s1. The number of hydrogen-bond acceptors (Lipinski definition) is 3. The van der Waals surface area contributed by atoms with E-state index < -0.39 is 6.10 Å². The van der Waals surface area contributed by atoms with E-state index in [9.17, 15) is 9.90 Å². The molecule has 122 valence electrons. The van der Waals surface area contributed by atoms with Crippen molar-refractivity contribution in [2.24, 2.45) is 5.92 Å². The van der Waals surface area contributed by atoms with Gasteiger partial charge in [0.05, 0.1) is 11.8 Å². The van der Waals surface area contributed by atoms with Crippen LogP contribution in [0, 0.1) is 5.92 Å². The third kappa shape index (κ3) is 3.99. The van der Waals surface area contributed by atoms with E-state index in [2.05, 4.69) is 10.4 Å². The molecule has 1 atom stereocenters. The molecule has 1 aromatic heterocycles. The van der Waals surface area contributed by atoms with Crippen molar-refractivity contribution in [2.45, 2.75) is 38.2 Å². The highest BCUT2D eigenvalue weighted by Crippen LogP contribution is 2.26. The molecule has 3 rings (SSSR count). The van der Waals surface area contributed by atoms with Gasteiger partial charge in [-0.05, 0) is 37.0 Å². The highest BCUT2D eigenvalue weighted by Gasteiger charge is 2.22. The fourth-order valence-electron chi connectivity index (χ4n) is 3.14. The van der Waals surface area contributed by atoms with Crippen molar-refractivity contribution < 1.29 is 9.90 Å². The van der Waals surface area contributed by atoms with Gasteiger partial charge in [-0.3, -0.25) is 4.79 Å². The summed E-state index contributed by atoms with van der Waals surface area (Å²) < 4.78 is 1.67. The lowest BCUT2D eigenvalue weighted by Crippen LogP contribution is -2.37. The van der Waals surface area contributed by atoms with Crippen molar-refractivity contribution >= 4 is 5.91 Å². The van der Waals surface area contributed by atoms with Crippen molar-refractivity contribution in [2.75, 3.05) is 6.54 Å². The molecule has 0 bridgehead atoms. The van der Waals surface area contributed by atoms with E-state index in [4.69, 9.17) is 0 Å². The van der Waals surface area contributed by atoms with Crippen LogP contribution < -0.4 is 5.32 Å². The Balaban J connectivity index is 1.55. The van der Waals surface area contributed by atoms with Crippen molar-refractivity contribution in [3.8, 4) is 5.69 Å². The van der Waals surface area contributed by atoms with Gasteiger partial charge >= 0.3 is 0 Å². The average Bonchev–Trinajstić information content (AvgIpc) is 3.11. The van der Waals surface area contributed by atoms with Gasteiger partial charge in [0.1, 0.15) is 0 Å². The summed E-state index contributed by atoms with van der Waals surface area (Å²) in [5, 5.41) is 17.3. The molecule has 0 saturated heterocycles. The first-order chi connectivity index (χ1) is 11.2. The summed E-state index contributed by atoms with van der Waals surface area (Å²) in [6.45, 7) is 0.293. The minimum Gasteiger partial charge on any atom is -0.391 e. The van der Waals surface area contributed by atoms with E-state index in [1.54, 1.807) is 16.9 Å². The Kier molecular flexibility index (Phi) is 5.08. The largest absolute Gasteiger partial charge is 0.391 e. The molecule has 0 unspecified atom stereocenters. The van der Waals surface area contributed by atoms with Gasteiger partial charge in [-0.15, -0.1) is 0 Å².